The molecule has 0 atom stereocenters. The van der Waals surface area contributed by atoms with Crippen LogP contribution in [0.3, 0.4) is 0 Å². The Morgan fingerprint density at radius 3 is 1.00 bits per heavy atom. The van der Waals surface area contributed by atoms with Crippen LogP contribution < -0.4 is 0 Å². The van der Waals surface area contributed by atoms with Gasteiger partial charge in [-0.15, -0.1) is 45.3 Å². The molecule has 0 N–H and O–H groups in total. The highest BCUT2D eigenvalue weighted by Crippen LogP contribution is 2.70. The van der Waals surface area contributed by atoms with Crippen LogP contribution in [0.15, 0.2) is 250 Å². The second-order valence-electron chi connectivity index (χ2n) is 21.0. The lowest BCUT2D eigenvalue weighted by molar-refractivity contribution is 0.609. The maximum absolute atomic E-state index is 2.65. The Labute approximate surface area is 472 Å². The van der Waals surface area contributed by atoms with Gasteiger partial charge in [-0.2, -0.15) is 0 Å². The van der Waals surface area contributed by atoms with E-state index in [4.69, 9.17) is 0 Å². The summed E-state index contributed by atoms with van der Waals surface area (Å²) < 4.78 is 10.5. The van der Waals surface area contributed by atoms with E-state index >= 15 is 0 Å². The molecule has 2 spiro atoms. The Balaban J connectivity index is 0.996. The number of aromatic nitrogens is 2. The Bertz CT molecular complexity index is 4850. The Morgan fingerprint density at radius 2 is 0.590 bits per heavy atom. The van der Waals surface area contributed by atoms with Crippen molar-refractivity contribution in [2.24, 2.45) is 0 Å². The molecule has 0 fully saturated rings. The standard InChI is InChI=1S/C70H38N2S6/c1-9-25-53-39(17-1)43-33-45-41-19-3-11-27-57(41)73-63(45)37-55(43)71(53)65-35-51-67(77-65)70(49-23-7-15-31-61(49)76-62-32-16-8-24-50(62)70)52-36-66(78-68(52)69(51)47-21-5-13-29-59(47)75-60-30-14-6-22-48(60)69)72-54-26-10-2-18-40(54)44-34-46-42-20-4-12-28-58(42)74-64(46)38-56(44)72/h1-38H. The quantitative estimate of drug-likeness (QED) is 0.171. The first-order chi connectivity index (χ1) is 38.6. The molecular weight excluding hydrogens is 1060 g/mol. The molecule has 0 radical (unpaired) electrons. The van der Waals surface area contributed by atoms with Crippen LogP contribution in [-0.4, -0.2) is 9.13 Å². The van der Waals surface area contributed by atoms with Crippen molar-refractivity contribution in [3.05, 3.63) is 274 Å². The van der Waals surface area contributed by atoms with Gasteiger partial charge < -0.3 is 9.13 Å². The average Bonchev–Trinajstić information content (AvgIpc) is 2.08. The minimum Gasteiger partial charge on any atom is -0.301 e. The zero-order valence-corrected chi connectivity index (χ0v) is 46.2. The summed E-state index contributed by atoms with van der Waals surface area (Å²) in [7, 11) is 0. The third kappa shape index (κ3) is 5.36. The first-order valence-corrected chi connectivity index (χ1v) is 31.3. The fraction of sp³-hybridized carbons (Fsp3) is 0.0286. The number of hydrogen-bond donors (Lipinski definition) is 0. The van der Waals surface area contributed by atoms with Crippen molar-refractivity contribution >= 4 is 153 Å². The Kier molecular flexibility index (Phi) is 8.64. The molecule has 16 aromatic rings. The third-order valence-corrected chi connectivity index (χ3v) is 24.4. The highest BCUT2D eigenvalue weighted by molar-refractivity contribution is 7.99. The second kappa shape index (κ2) is 15.5. The van der Waals surface area contributed by atoms with Gasteiger partial charge in [0.2, 0.25) is 0 Å². The number of fused-ring (bicyclic) bond motifs is 26. The molecule has 0 saturated carbocycles. The largest absolute Gasteiger partial charge is 0.301 e. The smallest absolute Gasteiger partial charge is 0.101 e. The number of rotatable bonds is 2. The van der Waals surface area contributed by atoms with E-state index in [1.807, 2.05) is 68.9 Å². The predicted molar refractivity (Wildman–Crippen MR) is 335 cm³/mol. The molecular formula is C70H38N2S6. The summed E-state index contributed by atoms with van der Waals surface area (Å²) in [5, 5.41) is 12.9. The fourth-order valence-corrected chi connectivity index (χ4v) is 21.8. The minimum atomic E-state index is -0.671. The summed E-state index contributed by atoms with van der Waals surface area (Å²) in [6.07, 6.45) is 0. The lowest BCUT2D eigenvalue weighted by Gasteiger charge is -2.51. The van der Waals surface area contributed by atoms with Crippen molar-refractivity contribution in [2.75, 3.05) is 0 Å². The Hall–Kier alpha value is -7.66. The maximum Gasteiger partial charge on any atom is 0.101 e. The molecule has 0 saturated heterocycles. The van der Waals surface area contributed by atoms with Gasteiger partial charge in [0.1, 0.15) is 10.0 Å². The van der Waals surface area contributed by atoms with Crippen molar-refractivity contribution in [1.82, 2.24) is 9.13 Å². The van der Waals surface area contributed by atoms with Crippen LogP contribution in [0.1, 0.15) is 43.1 Å². The van der Waals surface area contributed by atoms with Crippen LogP contribution in [0.2, 0.25) is 0 Å². The van der Waals surface area contributed by atoms with E-state index in [9.17, 15) is 0 Å². The molecule has 8 heteroatoms. The number of thiophene rings is 4. The first-order valence-electron chi connectivity index (χ1n) is 26.4. The van der Waals surface area contributed by atoms with E-state index < -0.39 is 10.8 Å². The lowest BCUT2D eigenvalue weighted by Crippen LogP contribution is -2.45. The van der Waals surface area contributed by atoms with Gasteiger partial charge >= 0.3 is 0 Å². The van der Waals surface area contributed by atoms with Crippen molar-refractivity contribution < 1.29 is 0 Å². The summed E-state index contributed by atoms with van der Waals surface area (Å²) in [6.45, 7) is 0. The van der Waals surface area contributed by atoms with Crippen molar-refractivity contribution in [1.29, 1.82) is 0 Å². The van der Waals surface area contributed by atoms with E-state index in [0.717, 1.165) is 0 Å². The van der Waals surface area contributed by atoms with Gasteiger partial charge in [-0.05, 0) is 118 Å². The summed E-state index contributed by atoms with van der Waals surface area (Å²) in [6, 6.07) is 88.7. The van der Waals surface area contributed by atoms with Crippen LogP contribution in [0, 0.1) is 0 Å². The minimum absolute atomic E-state index is 0.671. The van der Waals surface area contributed by atoms with Gasteiger partial charge in [0.15, 0.2) is 0 Å². The molecule has 0 bridgehead atoms. The molecule has 6 aromatic heterocycles. The van der Waals surface area contributed by atoms with Gasteiger partial charge in [-0.3, -0.25) is 0 Å². The molecule has 0 unspecified atom stereocenters. The molecule has 364 valence electrons. The topological polar surface area (TPSA) is 9.86 Å². The van der Waals surface area contributed by atoms with Crippen molar-refractivity contribution in [2.45, 2.75) is 30.4 Å². The van der Waals surface area contributed by atoms with Crippen molar-refractivity contribution in [3.8, 4) is 10.0 Å². The van der Waals surface area contributed by atoms with Crippen molar-refractivity contribution in [3.63, 3.8) is 0 Å². The SMILES string of the molecule is c1ccc2c(c1)Sc1ccccc1C21c2cc(-n3c4ccccc4c4cc5c(cc43)sc3ccccc35)sc2C2(c3ccccc3Sc3ccccc32)c2cc(-n3c4ccccc4c4cc5c(cc43)sc3ccccc35)sc21. The van der Waals surface area contributed by atoms with E-state index in [1.165, 1.54) is 157 Å². The lowest BCUT2D eigenvalue weighted by atomic mass is 9.55. The molecule has 10 aromatic carbocycles. The monoisotopic (exact) mass is 1100 g/mol. The van der Waals surface area contributed by atoms with Crippen LogP contribution >= 0.6 is 68.9 Å². The Morgan fingerprint density at radius 1 is 0.244 bits per heavy atom. The van der Waals surface area contributed by atoms with E-state index in [1.54, 1.807) is 0 Å². The zero-order chi connectivity index (χ0) is 50.6. The van der Waals surface area contributed by atoms with Gasteiger partial charge in [-0.25, -0.2) is 0 Å². The molecule has 19 rings (SSSR count). The highest BCUT2D eigenvalue weighted by atomic mass is 32.2. The number of para-hydroxylation sites is 2. The molecule has 78 heavy (non-hydrogen) atoms. The normalized spacial score (nSPS) is 14.8. The van der Waals surface area contributed by atoms with Crippen LogP contribution in [0.4, 0.5) is 0 Å². The van der Waals surface area contributed by atoms with E-state index in [2.05, 4.69) is 240 Å². The summed E-state index contributed by atoms with van der Waals surface area (Å²) in [5.74, 6) is 0. The van der Waals surface area contributed by atoms with E-state index in [0.29, 0.717) is 0 Å². The predicted octanol–water partition coefficient (Wildman–Crippen LogP) is 20.7. The third-order valence-electron chi connectivity index (χ3n) is 17.3. The fourth-order valence-electron chi connectivity index (χ4n) is 14.2. The van der Waals surface area contributed by atoms with Crippen LogP contribution in [-0.2, 0) is 10.8 Å². The number of benzene rings is 10. The molecule has 2 nitrogen and oxygen atoms in total. The maximum atomic E-state index is 2.65. The van der Waals surface area contributed by atoms with Gasteiger partial charge in [-0.1, -0.05) is 169 Å². The van der Waals surface area contributed by atoms with Gasteiger partial charge in [0.25, 0.3) is 0 Å². The van der Waals surface area contributed by atoms with E-state index in [-0.39, 0.29) is 0 Å². The second-order valence-corrected chi connectivity index (χ2v) is 27.4. The van der Waals surface area contributed by atoms with Crippen LogP contribution in [0.25, 0.3) is 94.0 Å². The molecule has 0 amide bonds. The molecule has 1 aliphatic carbocycles. The molecule has 8 heterocycles. The molecule has 3 aliphatic rings. The van der Waals surface area contributed by atoms with Gasteiger partial charge in [0.05, 0.1) is 32.9 Å². The summed E-state index contributed by atoms with van der Waals surface area (Å²) in [4.78, 5) is 7.99. The van der Waals surface area contributed by atoms with Crippen LogP contribution in [0.5, 0.6) is 0 Å². The zero-order valence-electron chi connectivity index (χ0n) is 41.3. The summed E-state index contributed by atoms with van der Waals surface area (Å²) >= 11 is 11.7. The average molecular weight is 1100 g/mol. The van der Waals surface area contributed by atoms with Gasteiger partial charge in [0, 0.05) is 91.2 Å². The number of hydrogen-bond acceptors (Lipinski definition) is 6. The first kappa shape index (κ1) is 43.3. The molecule has 2 aliphatic heterocycles. The number of nitrogens with zero attached hydrogens (tertiary/aromatic N) is 2. The summed E-state index contributed by atoms with van der Waals surface area (Å²) in [5.41, 5.74) is 11.7. The highest BCUT2D eigenvalue weighted by Gasteiger charge is 2.60.